The van der Waals surface area contributed by atoms with Crippen molar-refractivity contribution in [3.8, 4) is 17.0 Å². The number of hydrogen-bond acceptors (Lipinski definition) is 3. The topological polar surface area (TPSA) is 22.1 Å². The highest BCUT2D eigenvalue weighted by molar-refractivity contribution is 7.12. The SMILES string of the molecule is COc1ccc(-c2nc(C)sc2C(C)C)cc1. The lowest BCUT2D eigenvalue weighted by Crippen LogP contribution is -1.88. The van der Waals surface area contributed by atoms with Crippen LogP contribution in [0.15, 0.2) is 24.3 Å². The van der Waals surface area contributed by atoms with Gasteiger partial charge in [-0.2, -0.15) is 0 Å². The molecule has 0 radical (unpaired) electrons. The average Bonchev–Trinajstić information content (AvgIpc) is 2.72. The van der Waals surface area contributed by atoms with E-state index in [4.69, 9.17) is 4.74 Å². The quantitative estimate of drug-likeness (QED) is 0.809. The molecule has 0 saturated carbocycles. The van der Waals surface area contributed by atoms with E-state index in [0.29, 0.717) is 5.92 Å². The molecule has 0 spiro atoms. The largest absolute Gasteiger partial charge is 0.497 e. The van der Waals surface area contributed by atoms with E-state index in [1.165, 1.54) is 10.4 Å². The Morgan fingerprint density at radius 3 is 2.35 bits per heavy atom. The van der Waals surface area contributed by atoms with Gasteiger partial charge in [-0.15, -0.1) is 11.3 Å². The Kier molecular flexibility index (Phi) is 3.48. The summed E-state index contributed by atoms with van der Waals surface area (Å²) in [5.74, 6) is 1.39. The first-order valence-electron chi connectivity index (χ1n) is 5.73. The van der Waals surface area contributed by atoms with Gasteiger partial charge in [-0.05, 0) is 37.1 Å². The normalized spacial score (nSPS) is 10.9. The Balaban J connectivity index is 2.44. The summed E-state index contributed by atoms with van der Waals surface area (Å²) in [6.45, 7) is 6.48. The van der Waals surface area contributed by atoms with Crippen molar-refractivity contribution in [1.29, 1.82) is 0 Å². The number of benzene rings is 1. The summed E-state index contributed by atoms with van der Waals surface area (Å²) >= 11 is 1.78. The van der Waals surface area contributed by atoms with Crippen LogP contribution < -0.4 is 4.74 Å². The molecule has 1 heterocycles. The third kappa shape index (κ3) is 2.50. The van der Waals surface area contributed by atoms with Gasteiger partial charge in [0.25, 0.3) is 0 Å². The van der Waals surface area contributed by atoms with E-state index < -0.39 is 0 Å². The van der Waals surface area contributed by atoms with Crippen molar-refractivity contribution in [2.75, 3.05) is 7.11 Å². The minimum absolute atomic E-state index is 0.512. The van der Waals surface area contributed by atoms with E-state index in [1.54, 1.807) is 18.4 Å². The maximum Gasteiger partial charge on any atom is 0.118 e. The van der Waals surface area contributed by atoms with E-state index in [2.05, 4.69) is 37.9 Å². The van der Waals surface area contributed by atoms with Crippen LogP contribution in [-0.4, -0.2) is 12.1 Å². The van der Waals surface area contributed by atoms with Gasteiger partial charge in [0, 0.05) is 10.4 Å². The van der Waals surface area contributed by atoms with Crippen molar-refractivity contribution in [2.24, 2.45) is 0 Å². The predicted octanol–water partition coefficient (Wildman–Crippen LogP) is 4.25. The molecule has 2 nitrogen and oxygen atoms in total. The molecule has 0 aliphatic rings. The first-order chi connectivity index (χ1) is 8.11. The van der Waals surface area contributed by atoms with E-state index in [9.17, 15) is 0 Å². The molecule has 0 N–H and O–H groups in total. The Labute approximate surface area is 106 Å². The highest BCUT2D eigenvalue weighted by Crippen LogP contribution is 2.34. The highest BCUT2D eigenvalue weighted by Gasteiger charge is 2.13. The van der Waals surface area contributed by atoms with Gasteiger partial charge in [0.1, 0.15) is 5.75 Å². The number of thiazole rings is 1. The van der Waals surface area contributed by atoms with Crippen LogP contribution in [0.4, 0.5) is 0 Å². The summed E-state index contributed by atoms with van der Waals surface area (Å²) in [7, 11) is 1.68. The van der Waals surface area contributed by atoms with Crippen LogP contribution in [-0.2, 0) is 0 Å². The molecular weight excluding hydrogens is 230 g/mol. The van der Waals surface area contributed by atoms with Gasteiger partial charge in [-0.1, -0.05) is 13.8 Å². The molecule has 1 aromatic carbocycles. The van der Waals surface area contributed by atoms with Crippen molar-refractivity contribution >= 4 is 11.3 Å². The molecule has 0 amide bonds. The van der Waals surface area contributed by atoms with Crippen LogP contribution in [0.2, 0.25) is 0 Å². The number of nitrogens with zero attached hydrogens (tertiary/aromatic N) is 1. The molecule has 0 aliphatic heterocycles. The average molecular weight is 247 g/mol. The summed E-state index contributed by atoms with van der Waals surface area (Å²) in [5, 5.41) is 1.12. The molecule has 2 aromatic rings. The van der Waals surface area contributed by atoms with E-state index in [-0.39, 0.29) is 0 Å². The van der Waals surface area contributed by atoms with Crippen LogP contribution in [0.25, 0.3) is 11.3 Å². The van der Waals surface area contributed by atoms with Crippen LogP contribution in [0.5, 0.6) is 5.75 Å². The molecule has 2 rings (SSSR count). The van der Waals surface area contributed by atoms with Crippen molar-refractivity contribution < 1.29 is 4.74 Å². The molecule has 0 aliphatic carbocycles. The summed E-state index contributed by atoms with van der Waals surface area (Å²) in [6.07, 6.45) is 0. The minimum atomic E-state index is 0.512. The number of ether oxygens (including phenoxy) is 1. The zero-order chi connectivity index (χ0) is 12.4. The molecule has 0 fully saturated rings. The third-order valence-corrected chi connectivity index (χ3v) is 3.92. The van der Waals surface area contributed by atoms with Crippen LogP contribution in [0.3, 0.4) is 0 Å². The summed E-state index contributed by atoms with van der Waals surface area (Å²) in [5.41, 5.74) is 2.28. The second kappa shape index (κ2) is 4.88. The summed E-state index contributed by atoms with van der Waals surface area (Å²) in [4.78, 5) is 5.99. The van der Waals surface area contributed by atoms with E-state index >= 15 is 0 Å². The summed E-state index contributed by atoms with van der Waals surface area (Å²) in [6, 6.07) is 8.10. The van der Waals surface area contributed by atoms with Gasteiger partial charge in [0.05, 0.1) is 17.8 Å². The van der Waals surface area contributed by atoms with Crippen molar-refractivity contribution in [3.63, 3.8) is 0 Å². The number of hydrogen-bond donors (Lipinski definition) is 0. The Hall–Kier alpha value is -1.35. The van der Waals surface area contributed by atoms with Gasteiger partial charge in [-0.3, -0.25) is 0 Å². The van der Waals surface area contributed by atoms with Crippen LogP contribution in [0.1, 0.15) is 29.7 Å². The number of aromatic nitrogens is 1. The molecule has 0 bridgehead atoms. The third-order valence-electron chi connectivity index (χ3n) is 2.65. The van der Waals surface area contributed by atoms with E-state index in [1.807, 2.05) is 12.1 Å². The van der Waals surface area contributed by atoms with Gasteiger partial charge < -0.3 is 4.74 Å². The predicted molar refractivity (Wildman–Crippen MR) is 72.9 cm³/mol. The smallest absolute Gasteiger partial charge is 0.118 e. The Morgan fingerprint density at radius 2 is 1.82 bits per heavy atom. The lowest BCUT2D eigenvalue weighted by molar-refractivity contribution is 0.415. The Bertz CT molecular complexity index is 499. The second-order valence-electron chi connectivity index (χ2n) is 4.33. The second-order valence-corrected chi connectivity index (χ2v) is 5.56. The van der Waals surface area contributed by atoms with E-state index in [0.717, 1.165) is 16.5 Å². The monoisotopic (exact) mass is 247 g/mol. The number of rotatable bonds is 3. The van der Waals surface area contributed by atoms with Crippen molar-refractivity contribution in [2.45, 2.75) is 26.7 Å². The van der Waals surface area contributed by atoms with Crippen LogP contribution in [0, 0.1) is 6.92 Å². The fourth-order valence-electron chi connectivity index (χ4n) is 1.79. The lowest BCUT2D eigenvalue weighted by atomic mass is 10.1. The van der Waals surface area contributed by atoms with Crippen LogP contribution >= 0.6 is 11.3 Å². The maximum absolute atomic E-state index is 5.17. The molecule has 17 heavy (non-hydrogen) atoms. The standard InChI is InChI=1S/C14H17NOS/c1-9(2)14-13(15-10(3)17-14)11-5-7-12(16-4)8-6-11/h5-9H,1-4H3. The van der Waals surface area contributed by atoms with Gasteiger partial charge in [0.15, 0.2) is 0 Å². The molecule has 0 saturated heterocycles. The minimum Gasteiger partial charge on any atom is -0.497 e. The van der Waals surface area contributed by atoms with Crippen molar-refractivity contribution in [3.05, 3.63) is 34.2 Å². The fraction of sp³-hybridized carbons (Fsp3) is 0.357. The zero-order valence-corrected chi connectivity index (χ0v) is 11.5. The number of methoxy groups -OCH3 is 1. The highest BCUT2D eigenvalue weighted by atomic mass is 32.1. The molecule has 0 atom stereocenters. The number of aryl methyl sites for hydroxylation is 1. The molecule has 3 heteroatoms. The van der Waals surface area contributed by atoms with Gasteiger partial charge in [-0.25, -0.2) is 4.98 Å². The zero-order valence-electron chi connectivity index (χ0n) is 10.7. The van der Waals surface area contributed by atoms with Crippen molar-refractivity contribution in [1.82, 2.24) is 4.98 Å². The van der Waals surface area contributed by atoms with Gasteiger partial charge >= 0.3 is 0 Å². The maximum atomic E-state index is 5.17. The Morgan fingerprint density at radius 1 is 1.18 bits per heavy atom. The fourth-order valence-corrected chi connectivity index (χ4v) is 2.74. The molecule has 90 valence electrons. The summed E-state index contributed by atoms with van der Waals surface area (Å²) < 4.78 is 5.17. The van der Waals surface area contributed by atoms with Gasteiger partial charge in [0.2, 0.25) is 0 Å². The first kappa shape index (κ1) is 12.1. The molecule has 1 aromatic heterocycles. The lowest BCUT2D eigenvalue weighted by Gasteiger charge is -2.06. The molecular formula is C14H17NOS. The first-order valence-corrected chi connectivity index (χ1v) is 6.55. The molecule has 0 unspecified atom stereocenters.